The number of aryl methyl sites for hydroxylation is 2. The van der Waals surface area contributed by atoms with Crippen LogP contribution in [0.4, 0.5) is 0 Å². The molecule has 1 N–H and O–H groups in total. The van der Waals surface area contributed by atoms with Crippen LogP contribution in [0.2, 0.25) is 0 Å². The average molecular weight is 235 g/mol. The van der Waals surface area contributed by atoms with E-state index in [1.165, 1.54) is 44.5 Å². The molecule has 1 unspecified atom stereocenters. The summed E-state index contributed by atoms with van der Waals surface area (Å²) >= 11 is 0. The molecule has 3 heteroatoms. The predicted molar refractivity (Wildman–Crippen MR) is 71.0 cm³/mol. The summed E-state index contributed by atoms with van der Waals surface area (Å²) in [5, 5.41) is 3.66. The Bertz CT molecular complexity index is 328. The van der Waals surface area contributed by atoms with Gasteiger partial charge in [0, 0.05) is 31.9 Å². The highest BCUT2D eigenvalue weighted by molar-refractivity contribution is 4.91. The molecular weight excluding hydrogens is 210 g/mol. The van der Waals surface area contributed by atoms with Crippen LogP contribution in [0, 0.1) is 5.92 Å². The van der Waals surface area contributed by atoms with Crippen molar-refractivity contribution < 1.29 is 0 Å². The fraction of sp³-hybridized carbons (Fsp3) is 0.786. The highest BCUT2D eigenvalue weighted by Gasteiger charge is 2.21. The molecule has 0 aliphatic heterocycles. The van der Waals surface area contributed by atoms with E-state index in [0.29, 0.717) is 0 Å². The van der Waals surface area contributed by atoms with Crippen LogP contribution in [0.5, 0.6) is 0 Å². The Balaban J connectivity index is 1.73. The Morgan fingerprint density at radius 1 is 1.47 bits per heavy atom. The molecule has 0 bridgehead atoms. The minimum absolute atomic E-state index is 0.817. The zero-order valence-corrected chi connectivity index (χ0v) is 11.2. The quantitative estimate of drug-likeness (QED) is 0.750. The zero-order chi connectivity index (χ0) is 12.1. The van der Waals surface area contributed by atoms with E-state index in [2.05, 4.69) is 28.8 Å². The van der Waals surface area contributed by atoms with Crippen LogP contribution in [-0.4, -0.2) is 22.1 Å². The maximum atomic E-state index is 4.40. The second kappa shape index (κ2) is 6.20. The molecule has 1 aromatic rings. The first-order chi connectivity index (χ1) is 8.29. The number of aromatic nitrogens is 2. The predicted octanol–water partition coefficient (Wildman–Crippen LogP) is 2.52. The van der Waals surface area contributed by atoms with Gasteiger partial charge < -0.3 is 9.88 Å². The van der Waals surface area contributed by atoms with Gasteiger partial charge in [-0.3, -0.25) is 0 Å². The van der Waals surface area contributed by atoms with Gasteiger partial charge >= 0.3 is 0 Å². The van der Waals surface area contributed by atoms with Crippen molar-refractivity contribution in [3.05, 3.63) is 18.2 Å². The van der Waals surface area contributed by atoms with Crippen LogP contribution in [-0.2, 0) is 13.5 Å². The highest BCUT2D eigenvalue weighted by Crippen LogP contribution is 2.20. The van der Waals surface area contributed by atoms with E-state index in [-0.39, 0.29) is 0 Å². The topological polar surface area (TPSA) is 29.9 Å². The normalized spacial score (nSPS) is 17.3. The first-order valence-electron chi connectivity index (χ1n) is 6.99. The Labute approximate surface area is 105 Å². The van der Waals surface area contributed by atoms with Crippen molar-refractivity contribution in [1.29, 1.82) is 0 Å². The molecule has 1 heterocycles. The maximum Gasteiger partial charge on any atom is 0.108 e. The monoisotopic (exact) mass is 235 g/mol. The van der Waals surface area contributed by atoms with Crippen LogP contribution in [0.25, 0.3) is 0 Å². The number of nitrogens with one attached hydrogen (secondary N) is 1. The maximum absolute atomic E-state index is 4.40. The third kappa shape index (κ3) is 4.15. The van der Waals surface area contributed by atoms with Crippen LogP contribution in [0.15, 0.2) is 12.4 Å². The van der Waals surface area contributed by atoms with E-state index in [1.54, 1.807) is 0 Å². The van der Waals surface area contributed by atoms with Gasteiger partial charge in [0.25, 0.3) is 0 Å². The van der Waals surface area contributed by atoms with E-state index in [9.17, 15) is 0 Å². The molecule has 17 heavy (non-hydrogen) atoms. The van der Waals surface area contributed by atoms with E-state index < -0.39 is 0 Å². The van der Waals surface area contributed by atoms with Gasteiger partial charge in [0.1, 0.15) is 5.82 Å². The SMILES string of the molecule is CCCC(CCc1nccn1C)CNC1CC1. The van der Waals surface area contributed by atoms with Crippen molar-refractivity contribution in [2.45, 2.75) is 51.5 Å². The number of rotatable bonds is 8. The lowest BCUT2D eigenvalue weighted by Crippen LogP contribution is -2.25. The molecule has 0 spiro atoms. The largest absolute Gasteiger partial charge is 0.338 e. The molecule has 1 fully saturated rings. The van der Waals surface area contributed by atoms with Gasteiger partial charge in [-0.2, -0.15) is 0 Å². The number of hydrogen-bond acceptors (Lipinski definition) is 2. The number of nitrogens with zero attached hydrogens (tertiary/aromatic N) is 2. The summed E-state index contributed by atoms with van der Waals surface area (Å²) in [5.74, 6) is 2.04. The van der Waals surface area contributed by atoms with Crippen molar-refractivity contribution in [3.8, 4) is 0 Å². The van der Waals surface area contributed by atoms with Gasteiger partial charge in [-0.1, -0.05) is 13.3 Å². The molecule has 1 aromatic heterocycles. The van der Waals surface area contributed by atoms with Gasteiger partial charge in [-0.05, 0) is 38.1 Å². The lowest BCUT2D eigenvalue weighted by atomic mass is 9.97. The van der Waals surface area contributed by atoms with E-state index in [0.717, 1.165) is 18.4 Å². The molecule has 96 valence electrons. The lowest BCUT2D eigenvalue weighted by Gasteiger charge is -2.16. The molecule has 0 radical (unpaired) electrons. The van der Waals surface area contributed by atoms with Crippen LogP contribution >= 0.6 is 0 Å². The van der Waals surface area contributed by atoms with E-state index >= 15 is 0 Å². The van der Waals surface area contributed by atoms with Crippen molar-refractivity contribution in [2.75, 3.05) is 6.54 Å². The van der Waals surface area contributed by atoms with Crippen LogP contribution in [0.3, 0.4) is 0 Å². The number of imidazole rings is 1. The number of hydrogen-bond donors (Lipinski definition) is 1. The second-order valence-electron chi connectivity index (χ2n) is 5.33. The smallest absolute Gasteiger partial charge is 0.108 e. The van der Waals surface area contributed by atoms with Crippen molar-refractivity contribution >= 4 is 0 Å². The molecule has 1 atom stereocenters. The minimum atomic E-state index is 0.817. The van der Waals surface area contributed by atoms with Gasteiger partial charge in [-0.25, -0.2) is 4.98 Å². The third-order valence-corrected chi connectivity index (χ3v) is 3.67. The Hall–Kier alpha value is -0.830. The highest BCUT2D eigenvalue weighted by atomic mass is 15.0. The molecule has 1 aliphatic rings. The molecule has 3 nitrogen and oxygen atoms in total. The Morgan fingerprint density at radius 3 is 2.88 bits per heavy atom. The average Bonchev–Trinajstić information content (AvgIpc) is 3.06. The van der Waals surface area contributed by atoms with Gasteiger partial charge in [0.15, 0.2) is 0 Å². The molecular formula is C14H25N3. The van der Waals surface area contributed by atoms with Crippen molar-refractivity contribution in [1.82, 2.24) is 14.9 Å². The molecule has 0 saturated heterocycles. The molecule has 2 rings (SSSR count). The summed E-state index contributed by atoms with van der Waals surface area (Å²) < 4.78 is 2.14. The molecule has 0 aromatic carbocycles. The summed E-state index contributed by atoms with van der Waals surface area (Å²) in [6, 6.07) is 0.836. The molecule has 0 amide bonds. The molecule has 1 aliphatic carbocycles. The van der Waals surface area contributed by atoms with Gasteiger partial charge in [0.05, 0.1) is 0 Å². The van der Waals surface area contributed by atoms with E-state index in [1.807, 2.05) is 12.4 Å². The zero-order valence-electron chi connectivity index (χ0n) is 11.2. The van der Waals surface area contributed by atoms with Crippen molar-refractivity contribution in [2.24, 2.45) is 13.0 Å². The minimum Gasteiger partial charge on any atom is -0.338 e. The summed E-state index contributed by atoms with van der Waals surface area (Å²) in [7, 11) is 2.08. The van der Waals surface area contributed by atoms with Gasteiger partial charge in [-0.15, -0.1) is 0 Å². The summed E-state index contributed by atoms with van der Waals surface area (Å²) in [5.41, 5.74) is 0. The second-order valence-corrected chi connectivity index (χ2v) is 5.33. The first kappa shape index (κ1) is 12.6. The Kier molecular flexibility index (Phi) is 4.60. The summed E-state index contributed by atoms with van der Waals surface area (Å²) in [6.07, 6.45) is 11.7. The summed E-state index contributed by atoms with van der Waals surface area (Å²) in [4.78, 5) is 4.40. The standard InChI is InChI=1S/C14H25N3/c1-3-4-12(11-16-13-6-7-13)5-8-14-15-9-10-17(14)2/h9-10,12-13,16H,3-8,11H2,1-2H3. The van der Waals surface area contributed by atoms with Crippen LogP contribution < -0.4 is 5.32 Å². The lowest BCUT2D eigenvalue weighted by molar-refractivity contribution is 0.408. The van der Waals surface area contributed by atoms with Crippen LogP contribution in [0.1, 0.15) is 44.9 Å². The molecule has 1 saturated carbocycles. The fourth-order valence-electron chi connectivity index (χ4n) is 2.35. The Morgan fingerprint density at radius 2 is 2.29 bits per heavy atom. The van der Waals surface area contributed by atoms with E-state index in [4.69, 9.17) is 0 Å². The third-order valence-electron chi connectivity index (χ3n) is 3.67. The fourth-order valence-corrected chi connectivity index (χ4v) is 2.35. The van der Waals surface area contributed by atoms with Gasteiger partial charge in [0.2, 0.25) is 0 Å². The summed E-state index contributed by atoms with van der Waals surface area (Å²) in [6.45, 7) is 3.48. The van der Waals surface area contributed by atoms with Crippen molar-refractivity contribution in [3.63, 3.8) is 0 Å². The first-order valence-corrected chi connectivity index (χ1v) is 6.99.